The molecule has 0 aliphatic carbocycles. The number of imide groups is 2. The number of urea groups is 1. The van der Waals surface area contributed by atoms with Crippen LogP contribution in [0.5, 0.6) is 0 Å². The third-order valence-corrected chi connectivity index (χ3v) is 5.07. The lowest BCUT2D eigenvalue weighted by Gasteiger charge is -2.06. The first-order chi connectivity index (χ1) is 15.5. The van der Waals surface area contributed by atoms with Gasteiger partial charge >= 0.3 is 6.03 Å². The molecule has 1 aromatic heterocycles. The normalized spacial score (nSPS) is 11.2. The van der Waals surface area contributed by atoms with E-state index in [2.05, 4.69) is 34.3 Å². The summed E-state index contributed by atoms with van der Waals surface area (Å²) in [7, 11) is 0. The summed E-state index contributed by atoms with van der Waals surface area (Å²) in [6.45, 7) is 4.85. The second kappa shape index (κ2) is 10.3. The predicted octanol–water partition coefficient (Wildman–Crippen LogP) is 4.18. The monoisotopic (exact) mass is 431 g/mol. The quantitative estimate of drug-likeness (QED) is 0.383. The fraction of sp³-hybridized carbons (Fsp3) is 0.250. The minimum atomic E-state index is -0.953. The molecule has 164 valence electrons. The molecule has 1 heterocycles. The van der Waals surface area contributed by atoms with Gasteiger partial charge in [-0.1, -0.05) is 31.5 Å². The average Bonchev–Trinajstić information content (AvgIpc) is 3.11. The van der Waals surface area contributed by atoms with Gasteiger partial charge in [-0.15, -0.1) is 0 Å². The van der Waals surface area contributed by atoms with E-state index < -0.39 is 17.8 Å². The summed E-state index contributed by atoms with van der Waals surface area (Å²) < 4.78 is 2.22. The number of hydrogen-bond donors (Lipinski definition) is 3. The summed E-state index contributed by atoms with van der Waals surface area (Å²) in [6.07, 6.45) is 2.88. The van der Waals surface area contributed by atoms with Gasteiger partial charge in [0.15, 0.2) is 0 Å². The van der Waals surface area contributed by atoms with E-state index in [1.807, 2.05) is 42.6 Å². The van der Waals surface area contributed by atoms with E-state index in [4.69, 9.17) is 0 Å². The molecule has 2 aromatic carbocycles. The van der Waals surface area contributed by atoms with Crippen LogP contribution in [0.3, 0.4) is 0 Å². The fourth-order valence-electron chi connectivity index (χ4n) is 3.52. The summed E-state index contributed by atoms with van der Waals surface area (Å²) in [5.41, 5.74) is 2.62. The predicted molar refractivity (Wildman–Crippen MR) is 124 cm³/mol. The number of rotatable bonds is 7. The Labute approximate surface area is 185 Å². The molecule has 0 unspecified atom stereocenters. The van der Waals surface area contributed by atoms with Crippen LogP contribution in [-0.4, -0.2) is 22.4 Å². The number of fused-ring (bicyclic) bond motifs is 3. The van der Waals surface area contributed by atoms with Crippen molar-refractivity contribution < 1.29 is 14.4 Å². The number of para-hydroxylation sites is 1. The molecule has 3 aromatic rings. The summed E-state index contributed by atoms with van der Waals surface area (Å²) >= 11 is 0. The molecule has 0 fully saturated rings. The minimum absolute atomic E-state index is 0.192. The number of aromatic nitrogens is 1. The van der Waals surface area contributed by atoms with Gasteiger partial charge in [0.2, 0.25) is 5.91 Å². The number of nitriles is 1. The molecule has 0 saturated carbocycles. The lowest BCUT2D eigenvalue weighted by Crippen LogP contribution is -2.42. The van der Waals surface area contributed by atoms with Gasteiger partial charge in [-0.05, 0) is 37.6 Å². The maximum atomic E-state index is 12.2. The topological polar surface area (TPSA) is 116 Å². The molecule has 0 aliphatic rings. The first-order valence-corrected chi connectivity index (χ1v) is 10.5. The number of benzene rings is 2. The molecule has 3 rings (SSSR count). The smallest absolute Gasteiger partial charge is 0.328 e. The van der Waals surface area contributed by atoms with E-state index in [9.17, 15) is 19.6 Å². The van der Waals surface area contributed by atoms with Crippen LogP contribution in [0, 0.1) is 11.3 Å². The largest absolute Gasteiger partial charge is 0.360 e. The molecule has 0 saturated heterocycles. The maximum absolute atomic E-state index is 12.2. The van der Waals surface area contributed by atoms with Crippen LogP contribution >= 0.6 is 0 Å². The maximum Gasteiger partial charge on any atom is 0.328 e. The number of anilines is 1. The van der Waals surface area contributed by atoms with Gasteiger partial charge in [0.25, 0.3) is 5.91 Å². The summed E-state index contributed by atoms with van der Waals surface area (Å²) in [6, 6.07) is 14.7. The zero-order valence-electron chi connectivity index (χ0n) is 18.1. The number of amides is 4. The van der Waals surface area contributed by atoms with E-state index in [0.717, 1.165) is 34.8 Å². The van der Waals surface area contributed by atoms with Gasteiger partial charge in [0, 0.05) is 46.7 Å². The number of hydrogen-bond acceptors (Lipinski definition) is 5. The van der Waals surface area contributed by atoms with Crippen LogP contribution in [0.2, 0.25) is 0 Å². The van der Waals surface area contributed by atoms with Crippen molar-refractivity contribution in [1.29, 1.82) is 5.26 Å². The van der Waals surface area contributed by atoms with Crippen molar-refractivity contribution in [3.05, 3.63) is 54.2 Å². The van der Waals surface area contributed by atoms with Gasteiger partial charge in [-0.25, -0.2) is 4.79 Å². The minimum Gasteiger partial charge on any atom is -0.360 e. The number of nitrogens with one attached hydrogen (secondary N) is 3. The van der Waals surface area contributed by atoms with E-state index in [1.165, 1.54) is 6.20 Å². The standard InChI is InChI=1S/C24H25N5O3/c1-3-5-10-22(30)27-24(32)28-23(31)16(14-25)15-26-17-11-12-21-19(13-17)18-8-6-7-9-20(18)29(21)4-2/h6-9,11-13,15,26H,3-5,10H2,1-2H3,(H2,27,28,30,31,32)/b16-15-. The number of unbranched alkanes of at least 4 members (excludes halogenated alkanes) is 1. The average molecular weight is 431 g/mol. The number of carbonyl (C=O) groups is 3. The number of aryl methyl sites for hydroxylation is 1. The number of nitrogens with zero attached hydrogens (tertiary/aromatic N) is 2. The molecule has 32 heavy (non-hydrogen) atoms. The Kier molecular flexibility index (Phi) is 7.24. The molecule has 8 nitrogen and oxygen atoms in total. The highest BCUT2D eigenvalue weighted by Gasteiger charge is 2.15. The molecule has 4 amide bonds. The van der Waals surface area contributed by atoms with Crippen LogP contribution in [0.1, 0.15) is 33.1 Å². The molecule has 3 N–H and O–H groups in total. The molecule has 8 heteroatoms. The lowest BCUT2D eigenvalue weighted by molar-refractivity contribution is -0.120. The van der Waals surface area contributed by atoms with Crippen LogP contribution in [0.4, 0.5) is 10.5 Å². The molecule has 0 bridgehead atoms. The van der Waals surface area contributed by atoms with Gasteiger partial charge < -0.3 is 9.88 Å². The van der Waals surface area contributed by atoms with E-state index in [0.29, 0.717) is 12.1 Å². The second-order valence-electron chi connectivity index (χ2n) is 7.24. The third-order valence-electron chi connectivity index (χ3n) is 5.07. The zero-order chi connectivity index (χ0) is 23.1. The Bertz CT molecular complexity index is 1250. The van der Waals surface area contributed by atoms with Crippen molar-refractivity contribution in [2.24, 2.45) is 0 Å². The summed E-state index contributed by atoms with van der Waals surface area (Å²) in [4.78, 5) is 35.6. The Morgan fingerprint density at radius 2 is 1.78 bits per heavy atom. The molecule has 0 aliphatic heterocycles. The van der Waals surface area contributed by atoms with Crippen molar-refractivity contribution in [2.75, 3.05) is 5.32 Å². The fourth-order valence-corrected chi connectivity index (χ4v) is 3.52. The van der Waals surface area contributed by atoms with Crippen molar-refractivity contribution in [1.82, 2.24) is 15.2 Å². The summed E-state index contributed by atoms with van der Waals surface area (Å²) in [5, 5.41) is 18.5. The number of carbonyl (C=O) groups excluding carboxylic acids is 3. The first-order valence-electron chi connectivity index (χ1n) is 10.5. The SMILES string of the molecule is CCCCC(=O)NC(=O)NC(=O)/C(C#N)=C\Nc1ccc2c(c1)c1ccccc1n2CC. The molecule has 0 atom stereocenters. The highest BCUT2D eigenvalue weighted by atomic mass is 16.2. The molecule has 0 radical (unpaired) electrons. The Morgan fingerprint density at radius 1 is 1.03 bits per heavy atom. The van der Waals surface area contributed by atoms with Crippen molar-refractivity contribution in [3.63, 3.8) is 0 Å². The van der Waals surface area contributed by atoms with Gasteiger partial charge in [-0.3, -0.25) is 20.2 Å². The van der Waals surface area contributed by atoms with Crippen LogP contribution in [-0.2, 0) is 16.1 Å². The summed E-state index contributed by atoms with van der Waals surface area (Å²) in [5.74, 6) is -1.37. The van der Waals surface area contributed by atoms with Gasteiger partial charge in [0.05, 0.1) is 0 Å². The third kappa shape index (κ3) is 4.95. The van der Waals surface area contributed by atoms with Crippen molar-refractivity contribution in [2.45, 2.75) is 39.7 Å². The Balaban J connectivity index is 1.74. The van der Waals surface area contributed by atoms with Crippen LogP contribution in [0.15, 0.2) is 54.2 Å². The van der Waals surface area contributed by atoms with E-state index in [-0.39, 0.29) is 12.0 Å². The Hall–Kier alpha value is -4.12. The highest BCUT2D eigenvalue weighted by molar-refractivity contribution is 6.10. The highest BCUT2D eigenvalue weighted by Crippen LogP contribution is 2.31. The Morgan fingerprint density at radius 3 is 2.50 bits per heavy atom. The van der Waals surface area contributed by atoms with Crippen molar-refractivity contribution >= 4 is 45.3 Å². The van der Waals surface area contributed by atoms with Crippen LogP contribution in [0.25, 0.3) is 21.8 Å². The molecule has 0 spiro atoms. The van der Waals surface area contributed by atoms with Gasteiger partial charge in [-0.2, -0.15) is 5.26 Å². The molecular weight excluding hydrogens is 406 g/mol. The first kappa shape index (κ1) is 22.6. The molecular formula is C24H25N5O3. The van der Waals surface area contributed by atoms with Gasteiger partial charge in [0.1, 0.15) is 11.6 Å². The lowest BCUT2D eigenvalue weighted by atomic mass is 10.1. The second-order valence-corrected chi connectivity index (χ2v) is 7.24. The van der Waals surface area contributed by atoms with E-state index in [1.54, 1.807) is 6.07 Å². The van der Waals surface area contributed by atoms with Crippen molar-refractivity contribution in [3.8, 4) is 6.07 Å². The zero-order valence-corrected chi connectivity index (χ0v) is 18.1. The van der Waals surface area contributed by atoms with E-state index >= 15 is 0 Å². The van der Waals surface area contributed by atoms with Crippen LogP contribution < -0.4 is 16.0 Å².